The molecule has 0 saturated heterocycles. The minimum atomic E-state index is 0.0631. The Morgan fingerprint density at radius 1 is 1.69 bits per heavy atom. The molecule has 1 aliphatic rings. The molecule has 1 saturated carbocycles. The minimum absolute atomic E-state index is 0.0631. The molecule has 1 fully saturated rings. The molecule has 0 heterocycles. The maximum Gasteiger partial charge on any atom is 0.223 e. The number of aliphatic hydroxyl groups excluding tert-OH is 1. The van der Waals surface area contributed by atoms with E-state index in [1.807, 2.05) is 13.2 Å². The molecule has 0 aromatic rings. The fraction of sp³-hybridized carbons (Fsp3) is 0.889. The second-order valence-corrected chi connectivity index (χ2v) is 4.61. The average Bonchev–Trinajstić information content (AvgIpc) is 2.88. The predicted octanol–water partition coefficient (Wildman–Crippen LogP) is 0.625. The Morgan fingerprint density at radius 3 is 2.69 bits per heavy atom. The maximum atomic E-state index is 11.4. The monoisotopic (exact) mass is 203 g/mol. The van der Waals surface area contributed by atoms with Gasteiger partial charge in [-0.2, -0.15) is 11.8 Å². The van der Waals surface area contributed by atoms with E-state index in [2.05, 4.69) is 5.32 Å². The molecule has 0 spiro atoms. The quantitative estimate of drug-likeness (QED) is 0.689. The molecule has 2 N–H and O–H groups in total. The van der Waals surface area contributed by atoms with Crippen molar-refractivity contribution < 1.29 is 9.90 Å². The summed E-state index contributed by atoms with van der Waals surface area (Å²) >= 11 is 1.59. The third-order valence-electron chi connectivity index (χ3n) is 2.36. The standard InChI is InChI=1S/C9H17NO2S/c1-6(8(5-11)13-2)10-9(12)7-3-4-7/h6-8,11H,3-5H2,1-2H3,(H,10,12). The van der Waals surface area contributed by atoms with Gasteiger partial charge in [0.2, 0.25) is 5.91 Å². The summed E-state index contributed by atoms with van der Waals surface area (Å²) in [4.78, 5) is 11.4. The molecule has 1 amide bonds. The number of hydrogen-bond acceptors (Lipinski definition) is 3. The molecule has 0 bridgehead atoms. The SMILES string of the molecule is CSC(CO)C(C)NC(=O)C1CC1. The Morgan fingerprint density at radius 2 is 2.31 bits per heavy atom. The van der Waals surface area contributed by atoms with Gasteiger partial charge >= 0.3 is 0 Å². The van der Waals surface area contributed by atoms with Crippen LogP contribution in [0, 0.1) is 5.92 Å². The van der Waals surface area contributed by atoms with Crippen LogP contribution in [0.4, 0.5) is 0 Å². The highest BCUT2D eigenvalue weighted by Gasteiger charge is 2.31. The van der Waals surface area contributed by atoms with Gasteiger partial charge in [-0.1, -0.05) is 0 Å². The minimum Gasteiger partial charge on any atom is -0.395 e. The lowest BCUT2D eigenvalue weighted by Crippen LogP contribution is -2.41. The summed E-state index contributed by atoms with van der Waals surface area (Å²) in [6, 6.07) is 0.0631. The normalized spacial score (nSPS) is 20.8. The van der Waals surface area contributed by atoms with Gasteiger partial charge in [-0.25, -0.2) is 0 Å². The van der Waals surface area contributed by atoms with Gasteiger partial charge in [0.1, 0.15) is 0 Å². The molecule has 3 nitrogen and oxygen atoms in total. The highest BCUT2D eigenvalue weighted by Crippen LogP contribution is 2.29. The van der Waals surface area contributed by atoms with Crippen LogP contribution in [-0.4, -0.2) is 35.2 Å². The molecule has 76 valence electrons. The fourth-order valence-electron chi connectivity index (χ4n) is 1.22. The summed E-state index contributed by atoms with van der Waals surface area (Å²) in [7, 11) is 0. The molecule has 0 radical (unpaired) electrons. The van der Waals surface area contributed by atoms with Gasteiger partial charge in [-0.15, -0.1) is 0 Å². The van der Waals surface area contributed by atoms with Crippen LogP contribution in [0.1, 0.15) is 19.8 Å². The summed E-state index contributed by atoms with van der Waals surface area (Å²) in [6.45, 7) is 2.06. The smallest absolute Gasteiger partial charge is 0.223 e. The van der Waals surface area contributed by atoms with E-state index in [-0.39, 0.29) is 29.7 Å². The number of thioether (sulfide) groups is 1. The van der Waals surface area contributed by atoms with E-state index in [1.54, 1.807) is 11.8 Å². The Kier molecular flexibility index (Phi) is 4.06. The zero-order valence-corrected chi connectivity index (χ0v) is 8.93. The van der Waals surface area contributed by atoms with Crippen LogP contribution in [0.2, 0.25) is 0 Å². The second kappa shape index (κ2) is 4.86. The van der Waals surface area contributed by atoms with Crippen molar-refractivity contribution in [1.29, 1.82) is 0 Å². The molecule has 2 unspecified atom stereocenters. The highest BCUT2D eigenvalue weighted by atomic mass is 32.2. The van der Waals surface area contributed by atoms with Gasteiger partial charge in [0, 0.05) is 17.2 Å². The van der Waals surface area contributed by atoms with Crippen molar-refractivity contribution in [2.24, 2.45) is 5.92 Å². The Hall–Kier alpha value is -0.220. The summed E-state index contributed by atoms with van der Waals surface area (Å²) in [5, 5.41) is 12.0. The molecular formula is C9H17NO2S. The van der Waals surface area contributed by atoms with E-state index in [0.717, 1.165) is 12.8 Å². The first kappa shape index (κ1) is 10.9. The molecule has 4 heteroatoms. The molecule has 0 aromatic heterocycles. The second-order valence-electron chi connectivity index (χ2n) is 3.53. The fourth-order valence-corrected chi connectivity index (χ4v) is 1.84. The third-order valence-corrected chi connectivity index (χ3v) is 3.52. The van der Waals surface area contributed by atoms with Crippen molar-refractivity contribution in [3.63, 3.8) is 0 Å². The predicted molar refractivity (Wildman–Crippen MR) is 54.7 cm³/mol. The highest BCUT2D eigenvalue weighted by molar-refractivity contribution is 7.99. The van der Waals surface area contributed by atoms with Crippen LogP contribution < -0.4 is 5.32 Å². The molecule has 1 aliphatic carbocycles. The van der Waals surface area contributed by atoms with Crippen molar-refractivity contribution in [3.05, 3.63) is 0 Å². The number of rotatable bonds is 5. The maximum absolute atomic E-state index is 11.4. The lowest BCUT2D eigenvalue weighted by atomic mass is 10.2. The average molecular weight is 203 g/mol. The zero-order valence-electron chi connectivity index (χ0n) is 8.12. The van der Waals surface area contributed by atoms with E-state index >= 15 is 0 Å². The van der Waals surface area contributed by atoms with Gasteiger partial charge in [-0.05, 0) is 26.0 Å². The summed E-state index contributed by atoms with van der Waals surface area (Å²) in [6.07, 6.45) is 4.00. The number of hydrogen-bond donors (Lipinski definition) is 2. The lowest BCUT2D eigenvalue weighted by Gasteiger charge is -2.21. The molecule has 0 aliphatic heterocycles. The topological polar surface area (TPSA) is 49.3 Å². The first-order valence-electron chi connectivity index (χ1n) is 4.63. The number of carbonyl (C=O) groups excluding carboxylic acids is 1. The van der Waals surface area contributed by atoms with Gasteiger partial charge in [0.05, 0.1) is 6.61 Å². The first-order valence-corrected chi connectivity index (χ1v) is 5.91. The third kappa shape index (κ3) is 3.19. The van der Waals surface area contributed by atoms with Crippen LogP contribution in [-0.2, 0) is 4.79 Å². The van der Waals surface area contributed by atoms with Gasteiger partial charge in [0.15, 0.2) is 0 Å². The van der Waals surface area contributed by atoms with Crippen LogP contribution in [0.5, 0.6) is 0 Å². The Bertz CT molecular complexity index is 178. The first-order chi connectivity index (χ1) is 6.19. The summed E-state index contributed by atoms with van der Waals surface area (Å²) in [5.74, 6) is 0.406. The van der Waals surface area contributed by atoms with E-state index in [9.17, 15) is 4.79 Å². The lowest BCUT2D eigenvalue weighted by molar-refractivity contribution is -0.122. The van der Waals surface area contributed by atoms with Crippen molar-refractivity contribution in [2.45, 2.75) is 31.1 Å². The molecule has 13 heavy (non-hydrogen) atoms. The molecule has 1 rings (SSSR count). The van der Waals surface area contributed by atoms with E-state index in [0.29, 0.717) is 0 Å². The Labute approximate surface area is 83.3 Å². The van der Waals surface area contributed by atoms with E-state index in [1.165, 1.54) is 0 Å². The van der Waals surface area contributed by atoms with Crippen molar-refractivity contribution in [3.8, 4) is 0 Å². The number of carbonyl (C=O) groups is 1. The molecule has 0 aromatic carbocycles. The molecule has 2 atom stereocenters. The van der Waals surface area contributed by atoms with Gasteiger partial charge in [-0.3, -0.25) is 4.79 Å². The van der Waals surface area contributed by atoms with Crippen LogP contribution in [0.25, 0.3) is 0 Å². The number of aliphatic hydroxyl groups is 1. The van der Waals surface area contributed by atoms with Gasteiger partial charge < -0.3 is 10.4 Å². The number of amides is 1. The largest absolute Gasteiger partial charge is 0.395 e. The molecular weight excluding hydrogens is 186 g/mol. The summed E-state index contributed by atoms with van der Waals surface area (Å²) < 4.78 is 0. The summed E-state index contributed by atoms with van der Waals surface area (Å²) in [5.41, 5.74) is 0. The van der Waals surface area contributed by atoms with E-state index in [4.69, 9.17) is 5.11 Å². The Balaban J connectivity index is 2.29. The van der Waals surface area contributed by atoms with Crippen LogP contribution >= 0.6 is 11.8 Å². The van der Waals surface area contributed by atoms with Crippen molar-refractivity contribution >= 4 is 17.7 Å². The van der Waals surface area contributed by atoms with Crippen molar-refractivity contribution in [2.75, 3.05) is 12.9 Å². The number of nitrogens with one attached hydrogen (secondary N) is 1. The zero-order chi connectivity index (χ0) is 9.84. The van der Waals surface area contributed by atoms with Gasteiger partial charge in [0.25, 0.3) is 0 Å². The van der Waals surface area contributed by atoms with Crippen LogP contribution in [0.15, 0.2) is 0 Å². The van der Waals surface area contributed by atoms with E-state index < -0.39 is 0 Å². The van der Waals surface area contributed by atoms with Crippen molar-refractivity contribution in [1.82, 2.24) is 5.32 Å². The van der Waals surface area contributed by atoms with Crippen LogP contribution in [0.3, 0.4) is 0 Å².